The number of carbonyl (C=O) groups is 3. The van der Waals surface area contributed by atoms with Crippen molar-refractivity contribution < 1.29 is 33.8 Å². The molecular weight excluding hydrogens is 414 g/mol. The van der Waals surface area contributed by atoms with Crippen LogP contribution in [0.25, 0.3) is 0 Å². The summed E-state index contributed by atoms with van der Waals surface area (Å²) in [5.74, 6) is -1.97. The fourth-order valence-electron chi connectivity index (χ4n) is 2.36. The molecule has 1 aliphatic carbocycles. The Balaban J connectivity index is 2.15. The number of nitrogens with zero attached hydrogens (tertiary/aromatic N) is 2. The number of ether oxygens (including phenoxy) is 2. The Labute approximate surface area is 178 Å². The average Bonchev–Trinajstić information content (AvgIpc) is 2.93. The van der Waals surface area contributed by atoms with E-state index in [1.54, 1.807) is 41.5 Å². The molecular formula is C19H27N3O7S. The normalized spacial score (nSPS) is 16.3. The number of oxime groups is 1. The standard InChI is InChI=1S/C19H27N3O7S/c1-17(2,3)27-14(25)19(8-7-9-19)29-22-12(13(23)24)11-10-30-15(20-11)21-16(26)28-18(4,5)6/h10H,7-9H2,1-6H3,(H,23,24)(H,20,21,26)/b22-12+. The first-order valence-electron chi connectivity index (χ1n) is 9.40. The van der Waals surface area contributed by atoms with E-state index in [4.69, 9.17) is 14.3 Å². The van der Waals surface area contributed by atoms with Gasteiger partial charge in [-0.05, 0) is 48.0 Å². The van der Waals surface area contributed by atoms with Crippen LogP contribution in [0.15, 0.2) is 10.5 Å². The summed E-state index contributed by atoms with van der Waals surface area (Å²) < 4.78 is 10.5. The highest BCUT2D eigenvalue weighted by molar-refractivity contribution is 7.14. The Morgan fingerprint density at radius 2 is 1.73 bits per heavy atom. The lowest BCUT2D eigenvalue weighted by Gasteiger charge is -2.38. The van der Waals surface area contributed by atoms with Crippen LogP contribution in [0, 0.1) is 0 Å². The molecule has 0 atom stereocenters. The topological polar surface area (TPSA) is 136 Å². The van der Waals surface area contributed by atoms with Crippen LogP contribution in [0.1, 0.15) is 66.5 Å². The van der Waals surface area contributed by atoms with Crippen LogP contribution in [-0.2, 0) is 23.9 Å². The van der Waals surface area contributed by atoms with Crippen molar-refractivity contribution in [3.05, 3.63) is 11.1 Å². The molecule has 0 saturated heterocycles. The van der Waals surface area contributed by atoms with E-state index in [0.717, 1.165) is 17.8 Å². The van der Waals surface area contributed by atoms with Gasteiger partial charge in [0.05, 0.1) is 0 Å². The monoisotopic (exact) mass is 441 g/mol. The number of hydrogen-bond acceptors (Lipinski definition) is 9. The molecule has 1 aromatic heterocycles. The first kappa shape index (κ1) is 23.6. The van der Waals surface area contributed by atoms with Gasteiger partial charge in [-0.1, -0.05) is 5.16 Å². The molecule has 1 aromatic rings. The fourth-order valence-corrected chi connectivity index (χ4v) is 3.04. The molecule has 1 aliphatic rings. The van der Waals surface area contributed by atoms with E-state index in [2.05, 4.69) is 15.5 Å². The number of nitrogens with one attached hydrogen (secondary N) is 1. The summed E-state index contributed by atoms with van der Waals surface area (Å²) in [6.45, 7) is 10.3. The Hall–Kier alpha value is -2.69. The maximum Gasteiger partial charge on any atom is 0.413 e. The van der Waals surface area contributed by atoms with E-state index in [-0.39, 0.29) is 10.8 Å². The maximum absolute atomic E-state index is 12.5. The predicted molar refractivity (Wildman–Crippen MR) is 110 cm³/mol. The highest BCUT2D eigenvalue weighted by Gasteiger charge is 2.50. The number of aliphatic carboxylic acids is 1. The number of carboxylic acid groups (broad SMARTS) is 1. The van der Waals surface area contributed by atoms with Crippen molar-refractivity contribution in [3.63, 3.8) is 0 Å². The number of esters is 1. The fraction of sp³-hybridized carbons (Fsp3) is 0.632. The van der Waals surface area contributed by atoms with Crippen molar-refractivity contribution in [1.82, 2.24) is 4.98 Å². The number of carbonyl (C=O) groups excluding carboxylic acids is 2. The number of amides is 1. The van der Waals surface area contributed by atoms with Gasteiger partial charge in [0.2, 0.25) is 11.3 Å². The van der Waals surface area contributed by atoms with E-state index in [1.165, 1.54) is 5.38 Å². The third kappa shape index (κ3) is 6.41. The third-order valence-electron chi connectivity index (χ3n) is 3.80. The minimum absolute atomic E-state index is 0.0165. The Bertz CT molecular complexity index is 845. The number of carboxylic acids is 1. The molecule has 0 spiro atoms. The molecule has 2 N–H and O–H groups in total. The third-order valence-corrected chi connectivity index (χ3v) is 4.56. The van der Waals surface area contributed by atoms with Gasteiger partial charge in [0.25, 0.3) is 0 Å². The zero-order valence-electron chi connectivity index (χ0n) is 17.9. The van der Waals surface area contributed by atoms with Gasteiger partial charge in [-0.15, -0.1) is 11.3 Å². The van der Waals surface area contributed by atoms with Crippen molar-refractivity contribution in [3.8, 4) is 0 Å². The second-order valence-corrected chi connectivity index (χ2v) is 9.71. The van der Waals surface area contributed by atoms with E-state index < -0.39 is 40.5 Å². The molecule has 10 nitrogen and oxygen atoms in total. The van der Waals surface area contributed by atoms with Gasteiger partial charge >= 0.3 is 18.0 Å². The molecule has 1 heterocycles. The van der Waals surface area contributed by atoms with Crippen LogP contribution in [0.5, 0.6) is 0 Å². The van der Waals surface area contributed by atoms with E-state index in [1.807, 2.05) is 0 Å². The van der Waals surface area contributed by atoms with Crippen LogP contribution in [0.4, 0.5) is 9.93 Å². The van der Waals surface area contributed by atoms with E-state index in [0.29, 0.717) is 12.8 Å². The molecule has 0 unspecified atom stereocenters. The van der Waals surface area contributed by atoms with Crippen molar-refractivity contribution in [2.24, 2.45) is 5.16 Å². The van der Waals surface area contributed by atoms with Crippen molar-refractivity contribution >= 4 is 40.2 Å². The zero-order chi connectivity index (χ0) is 22.7. The summed E-state index contributed by atoms with van der Waals surface area (Å²) in [6, 6.07) is 0. The Kier molecular flexibility index (Phi) is 6.75. The SMILES string of the molecule is CC(C)(C)OC(=O)Nc1nc(/C(=N\OC2(C(=O)OC(C)(C)C)CCC2)C(=O)O)cs1. The molecule has 11 heteroatoms. The van der Waals surface area contributed by atoms with Crippen LogP contribution < -0.4 is 5.32 Å². The molecule has 2 rings (SSSR count). The highest BCUT2D eigenvalue weighted by Crippen LogP contribution is 2.38. The van der Waals surface area contributed by atoms with Gasteiger partial charge in [-0.3, -0.25) is 5.32 Å². The summed E-state index contributed by atoms with van der Waals surface area (Å²) >= 11 is 1.00. The van der Waals surface area contributed by atoms with Gasteiger partial charge in [-0.25, -0.2) is 19.4 Å². The van der Waals surface area contributed by atoms with Crippen LogP contribution in [0.2, 0.25) is 0 Å². The average molecular weight is 442 g/mol. The predicted octanol–water partition coefficient (Wildman–Crippen LogP) is 3.56. The molecule has 30 heavy (non-hydrogen) atoms. The van der Waals surface area contributed by atoms with Crippen LogP contribution in [0.3, 0.4) is 0 Å². The zero-order valence-corrected chi connectivity index (χ0v) is 18.7. The second kappa shape index (κ2) is 8.58. The van der Waals surface area contributed by atoms with Gasteiger partial charge in [0, 0.05) is 18.2 Å². The van der Waals surface area contributed by atoms with Crippen molar-refractivity contribution in [2.45, 2.75) is 77.6 Å². The van der Waals surface area contributed by atoms with E-state index >= 15 is 0 Å². The molecule has 0 radical (unpaired) electrons. The smallest absolute Gasteiger partial charge is 0.413 e. The van der Waals surface area contributed by atoms with Gasteiger partial charge in [0.1, 0.15) is 16.9 Å². The molecule has 0 aromatic carbocycles. The van der Waals surface area contributed by atoms with Gasteiger partial charge in [-0.2, -0.15) is 0 Å². The maximum atomic E-state index is 12.5. The molecule has 0 aliphatic heterocycles. The minimum Gasteiger partial charge on any atom is -0.476 e. The number of thiazole rings is 1. The number of aromatic nitrogens is 1. The second-order valence-electron chi connectivity index (χ2n) is 8.85. The van der Waals surface area contributed by atoms with Crippen LogP contribution >= 0.6 is 11.3 Å². The van der Waals surface area contributed by atoms with Gasteiger partial charge < -0.3 is 19.4 Å². The summed E-state index contributed by atoms with van der Waals surface area (Å²) in [7, 11) is 0. The number of rotatable bonds is 6. The largest absolute Gasteiger partial charge is 0.476 e. The molecule has 166 valence electrons. The van der Waals surface area contributed by atoms with Crippen molar-refractivity contribution in [2.75, 3.05) is 5.32 Å². The minimum atomic E-state index is -1.39. The molecule has 1 amide bonds. The van der Waals surface area contributed by atoms with E-state index in [9.17, 15) is 19.5 Å². The molecule has 0 bridgehead atoms. The number of anilines is 1. The number of hydrogen-bond donors (Lipinski definition) is 2. The summed E-state index contributed by atoms with van der Waals surface area (Å²) in [4.78, 5) is 45.4. The molecule has 1 saturated carbocycles. The van der Waals surface area contributed by atoms with Gasteiger partial charge in [0.15, 0.2) is 5.13 Å². The lowest BCUT2D eigenvalue weighted by molar-refractivity contribution is -0.196. The first-order valence-corrected chi connectivity index (χ1v) is 10.3. The first-order chi connectivity index (χ1) is 13.7. The lowest BCUT2D eigenvalue weighted by Crippen LogP contribution is -2.50. The van der Waals surface area contributed by atoms with Crippen LogP contribution in [-0.4, -0.2) is 50.6 Å². The quantitative estimate of drug-likeness (QED) is 0.388. The van der Waals surface area contributed by atoms with Crippen molar-refractivity contribution in [1.29, 1.82) is 0 Å². The highest BCUT2D eigenvalue weighted by atomic mass is 32.1. The lowest BCUT2D eigenvalue weighted by atomic mass is 9.80. The summed E-state index contributed by atoms with van der Waals surface area (Å²) in [5, 5.41) is 17.2. The Morgan fingerprint density at radius 3 is 2.20 bits per heavy atom. The summed E-state index contributed by atoms with van der Waals surface area (Å²) in [6.07, 6.45) is 0.770. The molecule has 1 fully saturated rings. The Morgan fingerprint density at radius 1 is 1.13 bits per heavy atom. The summed E-state index contributed by atoms with van der Waals surface area (Å²) in [5.41, 5.74) is -3.21.